The molecule has 224 valence electrons. The molecule has 0 aromatic heterocycles. The molecule has 0 aliphatic heterocycles. The van der Waals surface area contributed by atoms with Gasteiger partial charge in [0.1, 0.15) is 0 Å². The van der Waals surface area contributed by atoms with Crippen LogP contribution in [0.15, 0.2) is 107 Å². The van der Waals surface area contributed by atoms with Crippen molar-refractivity contribution in [3.8, 4) is 0 Å². The van der Waals surface area contributed by atoms with Crippen LogP contribution in [-0.4, -0.2) is 80.9 Å². The van der Waals surface area contributed by atoms with Crippen LogP contribution in [0, 0.1) is 0 Å². The highest BCUT2D eigenvalue weighted by Crippen LogP contribution is 2.21. The molecule has 4 aromatic rings. The number of hydrogen-bond donors (Lipinski definition) is 0. The molecule has 6 nitrogen and oxygen atoms in total. The zero-order valence-corrected chi connectivity index (χ0v) is 27.0. The van der Waals surface area contributed by atoms with E-state index in [0.29, 0.717) is 13.1 Å². The second-order valence-electron chi connectivity index (χ2n) is 11.6. The molecule has 0 heterocycles. The fraction of sp³-hybridized carbons (Fsp3) is 0.297. The van der Waals surface area contributed by atoms with Gasteiger partial charge in [0, 0.05) is 114 Å². The minimum atomic E-state index is 0.691. The summed E-state index contributed by atoms with van der Waals surface area (Å²) in [6, 6.07) is 34.5. The molecule has 6 heteroatoms. The van der Waals surface area contributed by atoms with Gasteiger partial charge in [0.2, 0.25) is 0 Å². The Balaban J connectivity index is 1.58. The smallest absolute Gasteiger partial charge is 0.0718 e. The number of nitrogens with zero attached hydrogens (tertiary/aromatic N) is 6. The molecule has 0 radical (unpaired) electrons. The lowest BCUT2D eigenvalue weighted by Gasteiger charge is -2.16. The summed E-state index contributed by atoms with van der Waals surface area (Å²) in [7, 11) is 16.5. The molecule has 43 heavy (non-hydrogen) atoms. The minimum absolute atomic E-state index is 0.691. The van der Waals surface area contributed by atoms with Gasteiger partial charge in [-0.2, -0.15) is 0 Å². The number of aliphatic imine (C=N–C) groups is 2. The summed E-state index contributed by atoms with van der Waals surface area (Å²) in [6.07, 6.45) is 0.851. The maximum atomic E-state index is 5.13. The Hall–Kier alpha value is -4.58. The van der Waals surface area contributed by atoms with E-state index in [9.17, 15) is 0 Å². The average Bonchev–Trinajstić information content (AvgIpc) is 3.01. The first-order valence-electron chi connectivity index (χ1n) is 14.8. The van der Waals surface area contributed by atoms with Gasteiger partial charge in [-0.3, -0.25) is 9.98 Å². The van der Waals surface area contributed by atoms with Crippen molar-refractivity contribution in [2.75, 3.05) is 89.1 Å². The van der Waals surface area contributed by atoms with Crippen molar-refractivity contribution >= 4 is 34.2 Å². The number of hydrogen-bond acceptors (Lipinski definition) is 6. The SMILES string of the molecule is CN(C)c1ccc(C(=NCCCN=C(c2ccc(N(C)C)cc2)c2ccc(N(C)C)cc2)c2ccc(N(C)C)cc2)cc1. The van der Waals surface area contributed by atoms with Crippen LogP contribution in [0.4, 0.5) is 22.7 Å². The van der Waals surface area contributed by atoms with Crippen LogP contribution in [0.25, 0.3) is 0 Å². The van der Waals surface area contributed by atoms with Crippen molar-refractivity contribution in [3.05, 3.63) is 119 Å². The van der Waals surface area contributed by atoms with Crippen LogP contribution in [0.3, 0.4) is 0 Å². The minimum Gasteiger partial charge on any atom is -0.378 e. The van der Waals surface area contributed by atoms with E-state index in [2.05, 4.69) is 173 Å². The van der Waals surface area contributed by atoms with Crippen molar-refractivity contribution in [3.63, 3.8) is 0 Å². The molecule has 0 atom stereocenters. The van der Waals surface area contributed by atoms with Gasteiger partial charge >= 0.3 is 0 Å². The van der Waals surface area contributed by atoms with Gasteiger partial charge in [-0.25, -0.2) is 0 Å². The maximum absolute atomic E-state index is 5.13. The fourth-order valence-electron chi connectivity index (χ4n) is 4.82. The van der Waals surface area contributed by atoms with Gasteiger partial charge in [0.05, 0.1) is 11.4 Å². The number of benzene rings is 4. The monoisotopic (exact) mass is 574 g/mol. The average molecular weight is 575 g/mol. The fourth-order valence-corrected chi connectivity index (χ4v) is 4.82. The van der Waals surface area contributed by atoms with E-state index in [1.54, 1.807) is 0 Å². The molecule has 0 spiro atoms. The van der Waals surface area contributed by atoms with Gasteiger partial charge in [0.25, 0.3) is 0 Å². The molecule has 0 fully saturated rings. The molecule has 4 rings (SSSR count). The zero-order chi connectivity index (χ0) is 30.9. The lowest BCUT2D eigenvalue weighted by molar-refractivity contribution is 0.846. The molecule has 0 N–H and O–H groups in total. The summed E-state index contributed by atoms with van der Waals surface area (Å²) in [4.78, 5) is 18.7. The zero-order valence-electron chi connectivity index (χ0n) is 27.0. The van der Waals surface area contributed by atoms with E-state index in [4.69, 9.17) is 9.98 Å². The Bertz CT molecular complexity index is 1270. The number of rotatable bonds is 12. The molecule has 0 aliphatic rings. The molecule has 0 aliphatic carbocycles. The third-order valence-corrected chi connectivity index (χ3v) is 7.48. The highest BCUT2D eigenvalue weighted by atomic mass is 15.1. The van der Waals surface area contributed by atoms with E-state index in [0.717, 1.165) is 40.1 Å². The van der Waals surface area contributed by atoms with Gasteiger partial charge in [-0.15, -0.1) is 0 Å². The first kappa shape index (κ1) is 31.4. The summed E-state index contributed by atoms with van der Waals surface area (Å²) >= 11 is 0. The summed E-state index contributed by atoms with van der Waals surface area (Å²) in [6.45, 7) is 1.38. The van der Waals surface area contributed by atoms with Gasteiger partial charge in [0.15, 0.2) is 0 Å². The van der Waals surface area contributed by atoms with Crippen molar-refractivity contribution in [1.82, 2.24) is 0 Å². The molecular formula is C37H46N6. The van der Waals surface area contributed by atoms with E-state index >= 15 is 0 Å². The second-order valence-corrected chi connectivity index (χ2v) is 11.6. The van der Waals surface area contributed by atoms with Crippen molar-refractivity contribution in [2.45, 2.75) is 6.42 Å². The van der Waals surface area contributed by atoms with Crippen molar-refractivity contribution in [1.29, 1.82) is 0 Å². The summed E-state index contributed by atoms with van der Waals surface area (Å²) in [5.41, 5.74) is 11.2. The Morgan fingerprint density at radius 2 is 0.581 bits per heavy atom. The first-order chi connectivity index (χ1) is 20.6. The largest absolute Gasteiger partial charge is 0.378 e. The van der Waals surface area contributed by atoms with E-state index < -0.39 is 0 Å². The van der Waals surface area contributed by atoms with Crippen LogP contribution in [-0.2, 0) is 0 Å². The topological polar surface area (TPSA) is 37.7 Å². The maximum Gasteiger partial charge on any atom is 0.0718 e. The summed E-state index contributed by atoms with van der Waals surface area (Å²) in [5.74, 6) is 0. The van der Waals surface area contributed by atoms with Gasteiger partial charge in [-0.1, -0.05) is 48.5 Å². The Labute approximate surface area is 258 Å². The quantitative estimate of drug-likeness (QED) is 0.139. The van der Waals surface area contributed by atoms with E-state index in [1.807, 2.05) is 0 Å². The van der Waals surface area contributed by atoms with Crippen LogP contribution in [0.2, 0.25) is 0 Å². The molecule has 0 amide bonds. The predicted molar refractivity (Wildman–Crippen MR) is 189 cm³/mol. The molecule has 0 unspecified atom stereocenters. The third kappa shape index (κ3) is 8.25. The van der Waals surface area contributed by atoms with Crippen molar-refractivity contribution < 1.29 is 0 Å². The van der Waals surface area contributed by atoms with Crippen molar-refractivity contribution in [2.24, 2.45) is 9.98 Å². The Kier molecular flexibility index (Phi) is 10.6. The summed E-state index contributed by atoms with van der Waals surface area (Å²) < 4.78 is 0. The van der Waals surface area contributed by atoms with Crippen LogP contribution in [0.5, 0.6) is 0 Å². The Morgan fingerprint density at radius 3 is 0.767 bits per heavy atom. The Morgan fingerprint density at radius 1 is 0.372 bits per heavy atom. The molecule has 0 saturated heterocycles. The molecule has 4 aromatic carbocycles. The van der Waals surface area contributed by atoms with Gasteiger partial charge < -0.3 is 19.6 Å². The van der Waals surface area contributed by atoms with Crippen LogP contribution < -0.4 is 19.6 Å². The van der Waals surface area contributed by atoms with E-state index in [-0.39, 0.29) is 0 Å². The van der Waals surface area contributed by atoms with Crippen LogP contribution >= 0.6 is 0 Å². The molecule has 0 bridgehead atoms. The first-order valence-corrected chi connectivity index (χ1v) is 14.8. The highest BCUT2D eigenvalue weighted by molar-refractivity contribution is 6.14. The lowest BCUT2D eigenvalue weighted by Crippen LogP contribution is -2.11. The number of anilines is 4. The lowest BCUT2D eigenvalue weighted by atomic mass is 10.0. The standard InChI is InChI=1S/C37H46N6/c1-40(2)32-18-10-28(11-19-32)36(29-12-20-33(21-13-29)41(3)4)38-26-9-27-39-37(30-14-22-34(23-15-30)42(5)6)31-16-24-35(25-17-31)43(7)8/h10-25H,9,26-27H2,1-8H3. The summed E-state index contributed by atoms with van der Waals surface area (Å²) in [5, 5.41) is 0. The van der Waals surface area contributed by atoms with E-state index in [1.165, 1.54) is 22.7 Å². The molecule has 0 saturated carbocycles. The third-order valence-electron chi connectivity index (χ3n) is 7.48. The highest BCUT2D eigenvalue weighted by Gasteiger charge is 2.11. The normalized spacial score (nSPS) is 10.6. The van der Waals surface area contributed by atoms with Gasteiger partial charge in [-0.05, 0) is 55.0 Å². The predicted octanol–water partition coefficient (Wildman–Crippen LogP) is 6.72. The second kappa shape index (κ2) is 14.5. The van der Waals surface area contributed by atoms with Crippen LogP contribution in [0.1, 0.15) is 28.7 Å². The molecular weight excluding hydrogens is 528 g/mol.